The summed E-state index contributed by atoms with van der Waals surface area (Å²) in [6.45, 7) is 4.15. The number of piperazine rings is 1. The Labute approximate surface area is 172 Å². The maximum Gasteiger partial charge on any atom is 0.223 e. The zero-order valence-electron chi connectivity index (χ0n) is 15.5. The van der Waals surface area contributed by atoms with Gasteiger partial charge in [-0.3, -0.25) is 9.69 Å². The fourth-order valence-corrected chi connectivity index (χ4v) is 5.13. The molecule has 4 nitrogen and oxygen atoms in total. The predicted molar refractivity (Wildman–Crippen MR) is 113 cm³/mol. The Kier molecular flexibility index (Phi) is 6.24. The molecule has 0 radical (unpaired) electrons. The van der Waals surface area contributed by atoms with Crippen LogP contribution in [0.25, 0.3) is 10.2 Å². The molecule has 1 amide bonds. The van der Waals surface area contributed by atoms with Crippen LogP contribution in [0.5, 0.6) is 0 Å². The van der Waals surface area contributed by atoms with Crippen LogP contribution in [0.3, 0.4) is 0 Å². The molecule has 2 aromatic carbocycles. The lowest BCUT2D eigenvalue weighted by Crippen LogP contribution is -2.48. The molecule has 0 bridgehead atoms. The van der Waals surface area contributed by atoms with Crippen LogP contribution in [-0.2, 0) is 11.3 Å². The third kappa shape index (κ3) is 4.90. The van der Waals surface area contributed by atoms with E-state index in [4.69, 9.17) is 4.98 Å². The summed E-state index contributed by atoms with van der Waals surface area (Å²) in [6, 6.07) is 14.6. The molecule has 1 aliphatic heterocycles. The average molecular weight is 416 g/mol. The summed E-state index contributed by atoms with van der Waals surface area (Å²) >= 11 is 3.34. The van der Waals surface area contributed by atoms with E-state index in [1.165, 1.54) is 16.8 Å². The van der Waals surface area contributed by atoms with Gasteiger partial charge in [0.25, 0.3) is 0 Å². The number of thiazole rings is 1. The Bertz CT molecular complexity index is 903. The second-order valence-electron chi connectivity index (χ2n) is 6.78. The van der Waals surface area contributed by atoms with Gasteiger partial charge in [-0.05, 0) is 36.4 Å². The Morgan fingerprint density at radius 2 is 1.82 bits per heavy atom. The summed E-state index contributed by atoms with van der Waals surface area (Å²) in [4.78, 5) is 22.5. The van der Waals surface area contributed by atoms with Crippen LogP contribution in [0, 0.1) is 5.82 Å². The number of amides is 1. The fourth-order valence-electron chi connectivity index (χ4n) is 3.28. The second-order valence-corrected chi connectivity index (χ2v) is 9.07. The van der Waals surface area contributed by atoms with Crippen molar-refractivity contribution in [3.05, 3.63) is 59.4 Å². The number of hydrogen-bond donors (Lipinski definition) is 0. The Hall–Kier alpha value is -1.96. The quantitative estimate of drug-likeness (QED) is 0.564. The van der Waals surface area contributed by atoms with Crippen molar-refractivity contribution in [2.24, 2.45) is 0 Å². The topological polar surface area (TPSA) is 36.4 Å². The van der Waals surface area contributed by atoms with E-state index in [1.54, 1.807) is 35.2 Å². The number of aromatic nitrogens is 1. The van der Waals surface area contributed by atoms with Gasteiger partial charge < -0.3 is 4.90 Å². The van der Waals surface area contributed by atoms with Crippen molar-refractivity contribution in [2.75, 3.05) is 31.9 Å². The summed E-state index contributed by atoms with van der Waals surface area (Å²) in [7, 11) is 0. The Morgan fingerprint density at radius 3 is 2.57 bits per heavy atom. The highest BCUT2D eigenvalue weighted by atomic mass is 32.2. The summed E-state index contributed by atoms with van der Waals surface area (Å²) in [6.07, 6.45) is 0.514. The normalized spacial score (nSPS) is 15.2. The van der Waals surface area contributed by atoms with Crippen molar-refractivity contribution in [2.45, 2.75) is 17.9 Å². The molecular weight excluding hydrogens is 393 g/mol. The SMILES string of the molecule is O=C(CCSc1ccc(F)cc1)N1CCN(Cc2nc3ccccc3s2)CC1. The molecule has 0 aliphatic carbocycles. The molecular formula is C21H22FN3OS2. The largest absolute Gasteiger partial charge is 0.340 e. The van der Waals surface area contributed by atoms with Gasteiger partial charge in [0.1, 0.15) is 10.8 Å². The van der Waals surface area contributed by atoms with E-state index in [2.05, 4.69) is 17.0 Å². The number of thioether (sulfide) groups is 1. The molecule has 7 heteroatoms. The average Bonchev–Trinajstić information content (AvgIpc) is 3.12. The van der Waals surface area contributed by atoms with E-state index in [-0.39, 0.29) is 11.7 Å². The molecule has 28 heavy (non-hydrogen) atoms. The van der Waals surface area contributed by atoms with Crippen LogP contribution >= 0.6 is 23.1 Å². The van der Waals surface area contributed by atoms with E-state index in [0.29, 0.717) is 6.42 Å². The summed E-state index contributed by atoms with van der Waals surface area (Å²) in [5.41, 5.74) is 1.06. The van der Waals surface area contributed by atoms with Gasteiger partial charge in [0.15, 0.2) is 0 Å². The van der Waals surface area contributed by atoms with Crippen molar-refractivity contribution >= 4 is 39.2 Å². The lowest BCUT2D eigenvalue weighted by molar-refractivity contribution is -0.132. The number of para-hydroxylation sites is 1. The number of rotatable bonds is 6. The van der Waals surface area contributed by atoms with Crippen molar-refractivity contribution in [3.8, 4) is 0 Å². The van der Waals surface area contributed by atoms with E-state index in [9.17, 15) is 9.18 Å². The first-order chi connectivity index (χ1) is 13.7. The second kappa shape index (κ2) is 9.03. The molecule has 0 atom stereocenters. The molecule has 2 heterocycles. The van der Waals surface area contributed by atoms with Gasteiger partial charge >= 0.3 is 0 Å². The first kappa shape index (κ1) is 19.4. The zero-order chi connectivity index (χ0) is 19.3. The van der Waals surface area contributed by atoms with Crippen LogP contribution < -0.4 is 0 Å². The summed E-state index contributed by atoms with van der Waals surface area (Å²) < 4.78 is 14.2. The van der Waals surface area contributed by atoms with Gasteiger partial charge in [-0.15, -0.1) is 23.1 Å². The number of hydrogen-bond acceptors (Lipinski definition) is 5. The van der Waals surface area contributed by atoms with Gasteiger partial charge in [0.05, 0.1) is 16.8 Å². The van der Waals surface area contributed by atoms with Crippen molar-refractivity contribution < 1.29 is 9.18 Å². The maximum absolute atomic E-state index is 12.9. The molecule has 146 valence electrons. The number of fused-ring (bicyclic) bond motifs is 1. The van der Waals surface area contributed by atoms with Gasteiger partial charge in [0, 0.05) is 43.2 Å². The van der Waals surface area contributed by atoms with E-state index >= 15 is 0 Å². The predicted octanol–water partition coefficient (Wildman–Crippen LogP) is 4.26. The maximum atomic E-state index is 12.9. The molecule has 0 spiro atoms. The molecule has 0 unspecified atom stereocenters. The third-order valence-electron chi connectivity index (χ3n) is 4.82. The van der Waals surface area contributed by atoms with Crippen LogP contribution in [0.1, 0.15) is 11.4 Å². The van der Waals surface area contributed by atoms with Crippen molar-refractivity contribution in [3.63, 3.8) is 0 Å². The Morgan fingerprint density at radius 1 is 1.07 bits per heavy atom. The van der Waals surface area contributed by atoms with Crippen LogP contribution in [-0.4, -0.2) is 52.6 Å². The number of benzene rings is 2. The summed E-state index contributed by atoms with van der Waals surface area (Å²) in [5.74, 6) is 0.689. The minimum Gasteiger partial charge on any atom is -0.340 e. The van der Waals surface area contributed by atoms with E-state index in [0.717, 1.165) is 53.9 Å². The molecule has 0 N–H and O–H groups in total. The molecule has 4 rings (SSSR count). The minimum absolute atomic E-state index is 0.203. The third-order valence-corrected chi connectivity index (χ3v) is 6.86. The van der Waals surface area contributed by atoms with E-state index in [1.807, 2.05) is 17.0 Å². The fraction of sp³-hybridized carbons (Fsp3) is 0.333. The highest BCUT2D eigenvalue weighted by Crippen LogP contribution is 2.23. The summed E-state index contributed by atoms with van der Waals surface area (Å²) in [5, 5.41) is 1.14. The molecule has 0 saturated carbocycles. The first-order valence-corrected chi connectivity index (χ1v) is 11.2. The van der Waals surface area contributed by atoms with Gasteiger partial charge in [0.2, 0.25) is 5.91 Å². The van der Waals surface area contributed by atoms with Crippen LogP contribution in [0.15, 0.2) is 53.4 Å². The van der Waals surface area contributed by atoms with Crippen LogP contribution in [0.2, 0.25) is 0 Å². The smallest absolute Gasteiger partial charge is 0.223 e. The van der Waals surface area contributed by atoms with E-state index < -0.39 is 0 Å². The van der Waals surface area contributed by atoms with Crippen LogP contribution in [0.4, 0.5) is 4.39 Å². The molecule has 3 aromatic rings. The van der Waals surface area contributed by atoms with Gasteiger partial charge in [-0.25, -0.2) is 9.37 Å². The number of carbonyl (C=O) groups excluding carboxylic acids is 1. The minimum atomic E-state index is -0.232. The van der Waals surface area contributed by atoms with Gasteiger partial charge in [-0.2, -0.15) is 0 Å². The highest BCUT2D eigenvalue weighted by molar-refractivity contribution is 7.99. The molecule has 1 aliphatic rings. The first-order valence-electron chi connectivity index (χ1n) is 9.40. The molecule has 1 aromatic heterocycles. The van der Waals surface area contributed by atoms with Gasteiger partial charge in [-0.1, -0.05) is 12.1 Å². The zero-order valence-corrected chi connectivity index (χ0v) is 17.1. The molecule has 1 saturated heterocycles. The number of carbonyl (C=O) groups is 1. The standard InChI is InChI=1S/C21H22FN3OS2/c22-16-5-7-17(8-6-16)27-14-9-21(26)25-12-10-24(11-13-25)15-20-23-18-3-1-2-4-19(18)28-20/h1-8H,9-15H2. The lowest BCUT2D eigenvalue weighted by Gasteiger charge is -2.34. The van der Waals surface area contributed by atoms with Crippen molar-refractivity contribution in [1.82, 2.24) is 14.8 Å². The number of halogens is 1. The monoisotopic (exact) mass is 415 g/mol. The lowest BCUT2D eigenvalue weighted by atomic mass is 10.3. The molecule has 1 fully saturated rings. The number of nitrogens with zero attached hydrogens (tertiary/aromatic N) is 3. The Balaban J connectivity index is 1.21. The highest BCUT2D eigenvalue weighted by Gasteiger charge is 2.21. The van der Waals surface area contributed by atoms with Crippen molar-refractivity contribution in [1.29, 1.82) is 0 Å².